The van der Waals surface area contributed by atoms with Gasteiger partial charge in [0.25, 0.3) is 0 Å². The van der Waals surface area contributed by atoms with E-state index < -0.39 is 0 Å². The van der Waals surface area contributed by atoms with Gasteiger partial charge in [-0.15, -0.1) is 0 Å². The van der Waals surface area contributed by atoms with Crippen LogP contribution in [0, 0.1) is 12.8 Å². The lowest BCUT2D eigenvalue weighted by molar-refractivity contribution is 0.0975. The minimum absolute atomic E-state index is 0.609. The molecule has 92 valence electrons. The highest BCUT2D eigenvalue weighted by molar-refractivity contribution is 5.59. The molecule has 0 amide bonds. The number of benzene rings is 1. The number of anilines is 2. The summed E-state index contributed by atoms with van der Waals surface area (Å²) in [5.74, 6) is 0.848. The summed E-state index contributed by atoms with van der Waals surface area (Å²) in [5.41, 5.74) is 9.20. The number of hydrogen-bond donors (Lipinski definition) is 2. The number of piperidine rings is 3. The van der Waals surface area contributed by atoms with Gasteiger partial charge < -0.3 is 16.0 Å². The van der Waals surface area contributed by atoms with Gasteiger partial charge in [0.2, 0.25) is 0 Å². The van der Waals surface area contributed by atoms with Crippen LogP contribution in [-0.4, -0.2) is 30.6 Å². The molecule has 3 heteroatoms. The molecule has 0 spiro atoms. The van der Waals surface area contributed by atoms with Crippen molar-refractivity contribution in [2.24, 2.45) is 5.92 Å². The predicted octanol–water partition coefficient (Wildman–Crippen LogP) is 2.08. The Bertz CT molecular complexity index is 408. The molecule has 17 heavy (non-hydrogen) atoms. The van der Waals surface area contributed by atoms with Crippen LogP contribution in [0.3, 0.4) is 0 Å². The number of nitrogens with two attached hydrogens (primary N) is 1. The van der Waals surface area contributed by atoms with Crippen LogP contribution in [0.15, 0.2) is 18.2 Å². The molecule has 3 nitrogen and oxygen atoms in total. The molecule has 1 atom stereocenters. The normalized spacial score (nSPS) is 31.5. The highest BCUT2D eigenvalue weighted by Crippen LogP contribution is 2.30. The van der Waals surface area contributed by atoms with Crippen molar-refractivity contribution >= 4 is 11.4 Å². The van der Waals surface area contributed by atoms with E-state index in [0.29, 0.717) is 6.04 Å². The lowest BCUT2D eigenvalue weighted by Crippen LogP contribution is -2.53. The van der Waals surface area contributed by atoms with Crippen LogP contribution in [-0.2, 0) is 0 Å². The van der Waals surface area contributed by atoms with Crippen LogP contribution in [0.2, 0.25) is 0 Å². The summed E-state index contributed by atoms with van der Waals surface area (Å²) >= 11 is 0. The molecule has 3 aliphatic rings. The van der Waals surface area contributed by atoms with Gasteiger partial charge in [-0.2, -0.15) is 0 Å². The zero-order chi connectivity index (χ0) is 11.8. The Kier molecular flexibility index (Phi) is 2.71. The number of nitrogens with one attached hydrogen (secondary N) is 1. The maximum atomic E-state index is 5.86. The van der Waals surface area contributed by atoms with E-state index in [-0.39, 0.29) is 0 Å². The maximum absolute atomic E-state index is 5.86. The van der Waals surface area contributed by atoms with Crippen molar-refractivity contribution in [2.45, 2.75) is 25.8 Å². The Hall–Kier alpha value is -1.22. The Morgan fingerprint density at radius 3 is 2.71 bits per heavy atom. The highest BCUT2D eigenvalue weighted by Gasteiger charge is 2.33. The minimum atomic E-state index is 0.609. The Morgan fingerprint density at radius 2 is 2.06 bits per heavy atom. The van der Waals surface area contributed by atoms with Gasteiger partial charge in [0.1, 0.15) is 0 Å². The average Bonchev–Trinajstić information content (AvgIpc) is 2.35. The van der Waals surface area contributed by atoms with Crippen molar-refractivity contribution in [1.82, 2.24) is 4.90 Å². The average molecular weight is 231 g/mol. The quantitative estimate of drug-likeness (QED) is 0.766. The van der Waals surface area contributed by atoms with Gasteiger partial charge >= 0.3 is 0 Å². The van der Waals surface area contributed by atoms with E-state index in [4.69, 9.17) is 5.73 Å². The number of rotatable bonds is 2. The molecule has 0 aliphatic carbocycles. The third kappa shape index (κ3) is 2.12. The van der Waals surface area contributed by atoms with Gasteiger partial charge in [0, 0.05) is 24.0 Å². The van der Waals surface area contributed by atoms with E-state index in [2.05, 4.69) is 29.3 Å². The van der Waals surface area contributed by atoms with E-state index in [1.807, 2.05) is 6.07 Å². The summed E-state index contributed by atoms with van der Waals surface area (Å²) in [4.78, 5) is 2.57. The van der Waals surface area contributed by atoms with Gasteiger partial charge in [0.05, 0.1) is 0 Å². The topological polar surface area (TPSA) is 41.3 Å². The second kappa shape index (κ2) is 4.22. The van der Waals surface area contributed by atoms with Crippen molar-refractivity contribution in [3.05, 3.63) is 23.8 Å². The van der Waals surface area contributed by atoms with Crippen LogP contribution < -0.4 is 11.1 Å². The van der Waals surface area contributed by atoms with Gasteiger partial charge in [-0.05, 0) is 56.5 Å². The van der Waals surface area contributed by atoms with Crippen LogP contribution in [0.25, 0.3) is 0 Å². The molecule has 1 aromatic rings. The van der Waals surface area contributed by atoms with E-state index in [9.17, 15) is 0 Å². The second-order valence-corrected chi connectivity index (χ2v) is 5.46. The van der Waals surface area contributed by atoms with E-state index >= 15 is 0 Å². The third-order valence-corrected chi connectivity index (χ3v) is 4.26. The summed E-state index contributed by atoms with van der Waals surface area (Å²) in [6.45, 7) is 5.92. The maximum Gasteiger partial charge on any atom is 0.0417 e. The van der Waals surface area contributed by atoms with Crippen molar-refractivity contribution in [3.63, 3.8) is 0 Å². The highest BCUT2D eigenvalue weighted by atomic mass is 15.2. The molecule has 0 aromatic heterocycles. The summed E-state index contributed by atoms with van der Waals surface area (Å²) in [6.07, 6.45) is 2.69. The molecule has 0 saturated carbocycles. The predicted molar refractivity (Wildman–Crippen MR) is 72.2 cm³/mol. The number of nitrogen functional groups attached to an aromatic ring is 1. The second-order valence-electron chi connectivity index (χ2n) is 5.46. The molecule has 4 rings (SSSR count). The molecule has 2 bridgehead atoms. The number of aryl methyl sites for hydroxylation is 1. The minimum Gasteiger partial charge on any atom is -0.399 e. The first-order chi connectivity index (χ1) is 8.22. The lowest BCUT2D eigenvalue weighted by atomic mass is 9.84. The molecule has 3 saturated heterocycles. The fourth-order valence-corrected chi connectivity index (χ4v) is 3.12. The van der Waals surface area contributed by atoms with Gasteiger partial charge in [-0.25, -0.2) is 0 Å². The first-order valence-corrected chi connectivity index (χ1v) is 6.57. The van der Waals surface area contributed by atoms with Crippen LogP contribution in [0.5, 0.6) is 0 Å². The Labute approximate surface area is 103 Å². The van der Waals surface area contributed by atoms with E-state index in [1.54, 1.807) is 0 Å². The van der Waals surface area contributed by atoms with Gasteiger partial charge in [-0.3, -0.25) is 0 Å². The van der Waals surface area contributed by atoms with Crippen molar-refractivity contribution in [3.8, 4) is 0 Å². The first-order valence-electron chi connectivity index (χ1n) is 6.57. The Morgan fingerprint density at radius 1 is 1.29 bits per heavy atom. The summed E-state index contributed by atoms with van der Waals surface area (Å²) in [5, 5.41) is 3.70. The summed E-state index contributed by atoms with van der Waals surface area (Å²) in [7, 11) is 0. The fraction of sp³-hybridized carbons (Fsp3) is 0.571. The molecular formula is C14H21N3. The molecule has 3 fully saturated rings. The third-order valence-electron chi connectivity index (χ3n) is 4.26. The molecule has 0 radical (unpaired) electrons. The molecule has 3 heterocycles. The van der Waals surface area contributed by atoms with Gasteiger partial charge in [-0.1, -0.05) is 6.07 Å². The van der Waals surface area contributed by atoms with E-state index in [1.165, 1.54) is 43.7 Å². The van der Waals surface area contributed by atoms with E-state index in [0.717, 1.165) is 11.6 Å². The zero-order valence-corrected chi connectivity index (χ0v) is 10.4. The van der Waals surface area contributed by atoms with Crippen LogP contribution >= 0.6 is 0 Å². The van der Waals surface area contributed by atoms with Crippen molar-refractivity contribution in [1.29, 1.82) is 0 Å². The lowest BCUT2D eigenvalue weighted by Gasteiger charge is -2.45. The van der Waals surface area contributed by atoms with Crippen molar-refractivity contribution in [2.75, 3.05) is 30.7 Å². The number of hydrogen-bond acceptors (Lipinski definition) is 3. The van der Waals surface area contributed by atoms with Gasteiger partial charge in [0.15, 0.2) is 0 Å². The largest absolute Gasteiger partial charge is 0.399 e. The molecule has 3 N–H and O–H groups in total. The first kappa shape index (κ1) is 10.9. The standard InChI is InChI=1S/C14H21N3/c1-10-2-3-12(15)8-13(10)16-14-9-17-6-4-11(14)5-7-17/h2-3,8,11,14,16H,4-7,9,15H2,1H3. The molecule has 1 unspecified atom stereocenters. The summed E-state index contributed by atoms with van der Waals surface area (Å²) in [6, 6.07) is 6.74. The van der Waals surface area contributed by atoms with Crippen molar-refractivity contribution < 1.29 is 0 Å². The molecule has 1 aromatic carbocycles. The Balaban J connectivity index is 1.76. The van der Waals surface area contributed by atoms with Crippen LogP contribution in [0.4, 0.5) is 11.4 Å². The fourth-order valence-electron chi connectivity index (χ4n) is 3.12. The smallest absolute Gasteiger partial charge is 0.0417 e. The summed E-state index contributed by atoms with van der Waals surface area (Å²) < 4.78 is 0. The molecular weight excluding hydrogens is 210 g/mol. The SMILES string of the molecule is Cc1ccc(N)cc1NC1CN2CCC1CC2. The molecule has 3 aliphatic heterocycles. The monoisotopic (exact) mass is 231 g/mol. The number of nitrogens with zero attached hydrogens (tertiary/aromatic N) is 1. The zero-order valence-electron chi connectivity index (χ0n) is 10.4. The van der Waals surface area contributed by atoms with Crippen LogP contribution in [0.1, 0.15) is 18.4 Å². The number of fused-ring (bicyclic) bond motifs is 3.